The van der Waals surface area contributed by atoms with Gasteiger partial charge in [-0.3, -0.25) is 9.69 Å². The largest absolute Gasteiger partial charge is 0.497 e. The van der Waals surface area contributed by atoms with Gasteiger partial charge in [0, 0.05) is 12.6 Å². The van der Waals surface area contributed by atoms with Crippen LogP contribution in [0.3, 0.4) is 0 Å². The van der Waals surface area contributed by atoms with E-state index in [1.165, 1.54) is 30.5 Å². The van der Waals surface area contributed by atoms with Gasteiger partial charge in [-0.05, 0) is 36.4 Å². The third kappa shape index (κ3) is 3.70. The summed E-state index contributed by atoms with van der Waals surface area (Å²) in [5.41, 5.74) is 1.24. The van der Waals surface area contributed by atoms with E-state index in [0.717, 1.165) is 11.3 Å². The lowest BCUT2D eigenvalue weighted by Crippen LogP contribution is -2.27. The molecule has 1 aromatic heterocycles. The molecule has 27 heavy (non-hydrogen) atoms. The number of rotatable bonds is 6. The maximum Gasteiger partial charge on any atom is 0.267 e. The van der Waals surface area contributed by atoms with Crippen molar-refractivity contribution < 1.29 is 19.0 Å². The molecule has 0 radical (unpaired) electrons. The van der Waals surface area contributed by atoms with Gasteiger partial charge < -0.3 is 14.2 Å². The number of carbonyl (C=O) groups is 1. The minimum absolute atomic E-state index is 0.290. The van der Waals surface area contributed by atoms with Gasteiger partial charge in [0.05, 0.1) is 21.3 Å². The van der Waals surface area contributed by atoms with Crippen molar-refractivity contribution in [2.24, 2.45) is 0 Å². The first-order valence-electron chi connectivity index (χ1n) is 8.06. The van der Waals surface area contributed by atoms with Crippen LogP contribution in [0.4, 0.5) is 5.13 Å². The van der Waals surface area contributed by atoms with Crippen LogP contribution in [0.25, 0.3) is 10.6 Å². The normalized spacial score (nSPS) is 10.4. The monoisotopic (exact) mass is 385 g/mol. The summed E-state index contributed by atoms with van der Waals surface area (Å²) in [4.78, 5) is 14.5. The summed E-state index contributed by atoms with van der Waals surface area (Å²) >= 11 is 1.32. The second kappa shape index (κ2) is 8.05. The van der Waals surface area contributed by atoms with E-state index in [0.29, 0.717) is 27.2 Å². The van der Waals surface area contributed by atoms with Crippen LogP contribution in [0.5, 0.6) is 17.2 Å². The molecule has 7 nitrogen and oxygen atoms in total. The molecule has 1 amide bonds. The van der Waals surface area contributed by atoms with Crippen molar-refractivity contribution in [3.63, 3.8) is 0 Å². The van der Waals surface area contributed by atoms with Gasteiger partial charge in [0.15, 0.2) is 0 Å². The molecule has 0 fully saturated rings. The number of ether oxygens (including phenoxy) is 3. The van der Waals surface area contributed by atoms with Gasteiger partial charge in [-0.2, -0.15) is 0 Å². The quantitative estimate of drug-likeness (QED) is 0.646. The second-order valence-corrected chi connectivity index (χ2v) is 6.48. The van der Waals surface area contributed by atoms with E-state index in [4.69, 9.17) is 14.2 Å². The fourth-order valence-corrected chi connectivity index (χ4v) is 3.33. The van der Waals surface area contributed by atoms with Gasteiger partial charge in [0.25, 0.3) is 5.91 Å². The molecule has 0 aliphatic heterocycles. The van der Waals surface area contributed by atoms with Crippen molar-refractivity contribution in [1.82, 2.24) is 10.2 Å². The maximum absolute atomic E-state index is 13.0. The molecule has 140 valence electrons. The Balaban J connectivity index is 1.89. The third-order valence-electron chi connectivity index (χ3n) is 3.98. The molecule has 1 heterocycles. The number of methoxy groups -OCH3 is 3. The molecule has 0 saturated carbocycles. The Labute approximate surface area is 161 Å². The predicted octanol–water partition coefficient (Wildman–Crippen LogP) is 3.51. The Hall–Kier alpha value is -3.13. The first-order chi connectivity index (χ1) is 13.1. The van der Waals surface area contributed by atoms with E-state index in [2.05, 4.69) is 10.2 Å². The van der Waals surface area contributed by atoms with Crippen LogP contribution >= 0.6 is 11.3 Å². The van der Waals surface area contributed by atoms with Gasteiger partial charge in [0.1, 0.15) is 27.8 Å². The van der Waals surface area contributed by atoms with Gasteiger partial charge in [0.2, 0.25) is 5.13 Å². The summed E-state index contributed by atoms with van der Waals surface area (Å²) in [6.45, 7) is 0. The van der Waals surface area contributed by atoms with Crippen LogP contribution in [-0.2, 0) is 0 Å². The zero-order valence-electron chi connectivity index (χ0n) is 15.4. The number of hydrogen-bond acceptors (Lipinski definition) is 7. The number of hydrogen-bond donors (Lipinski definition) is 0. The first kappa shape index (κ1) is 18.7. The molecular weight excluding hydrogens is 366 g/mol. The van der Waals surface area contributed by atoms with E-state index in [9.17, 15) is 4.79 Å². The zero-order valence-corrected chi connectivity index (χ0v) is 16.2. The van der Waals surface area contributed by atoms with E-state index < -0.39 is 0 Å². The van der Waals surface area contributed by atoms with Gasteiger partial charge in [-0.1, -0.05) is 17.4 Å². The number of carbonyl (C=O) groups excluding carboxylic acids is 1. The number of aromatic nitrogens is 2. The van der Waals surface area contributed by atoms with Crippen LogP contribution in [0.2, 0.25) is 0 Å². The van der Waals surface area contributed by atoms with E-state index in [-0.39, 0.29) is 5.91 Å². The molecule has 0 spiro atoms. The van der Waals surface area contributed by atoms with Crippen molar-refractivity contribution in [3.8, 4) is 27.8 Å². The zero-order chi connectivity index (χ0) is 19.4. The maximum atomic E-state index is 13.0. The van der Waals surface area contributed by atoms with Gasteiger partial charge in [-0.15, -0.1) is 10.2 Å². The predicted molar refractivity (Wildman–Crippen MR) is 104 cm³/mol. The lowest BCUT2D eigenvalue weighted by atomic mass is 10.1. The molecule has 8 heteroatoms. The highest BCUT2D eigenvalue weighted by Gasteiger charge is 2.24. The summed E-state index contributed by atoms with van der Waals surface area (Å²) in [6, 6.07) is 12.7. The van der Waals surface area contributed by atoms with Crippen LogP contribution in [0, 0.1) is 0 Å². The van der Waals surface area contributed by atoms with E-state index >= 15 is 0 Å². The Bertz CT molecular complexity index is 918. The highest BCUT2D eigenvalue weighted by Crippen LogP contribution is 2.33. The SMILES string of the molecule is COc1ccc(-c2nnc(N(C)C(=O)c3c(OC)cccc3OC)s2)cc1. The summed E-state index contributed by atoms with van der Waals surface area (Å²) in [5, 5.41) is 9.53. The van der Waals surface area contributed by atoms with Crippen LogP contribution < -0.4 is 19.1 Å². The summed E-state index contributed by atoms with van der Waals surface area (Å²) in [7, 11) is 6.29. The standard InChI is InChI=1S/C19H19N3O4S/c1-22(18(23)16-14(25-3)6-5-7-15(16)26-4)19-21-20-17(27-19)12-8-10-13(24-2)11-9-12/h5-11H,1-4H3. The first-order valence-corrected chi connectivity index (χ1v) is 8.87. The molecule has 0 aliphatic carbocycles. The average Bonchev–Trinajstić information content (AvgIpc) is 3.22. The second-order valence-electron chi connectivity index (χ2n) is 5.52. The van der Waals surface area contributed by atoms with Crippen molar-refractivity contribution in [2.75, 3.05) is 33.3 Å². The summed E-state index contributed by atoms with van der Waals surface area (Å²) < 4.78 is 15.8. The number of nitrogens with zero attached hydrogens (tertiary/aromatic N) is 3. The number of anilines is 1. The number of benzene rings is 2. The van der Waals surface area contributed by atoms with Crippen LogP contribution in [0.1, 0.15) is 10.4 Å². The fourth-order valence-electron chi connectivity index (χ4n) is 2.52. The van der Waals surface area contributed by atoms with Crippen molar-refractivity contribution in [2.45, 2.75) is 0 Å². The molecule has 3 aromatic rings. The van der Waals surface area contributed by atoms with Gasteiger partial charge >= 0.3 is 0 Å². The average molecular weight is 385 g/mol. The Morgan fingerprint density at radius 2 is 1.56 bits per heavy atom. The summed E-state index contributed by atoms with van der Waals surface area (Å²) in [6.07, 6.45) is 0. The minimum atomic E-state index is -0.290. The molecule has 3 rings (SSSR count). The highest BCUT2D eigenvalue weighted by molar-refractivity contribution is 7.18. The highest BCUT2D eigenvalue weighted by atomic mass is 32.1. The van der Waals surface area contributed by atoms with Crippen LogP contribution in [-0.4, -0.2) is 44.5 Å². The molecular formula is C19H19N3O4S. The van der Waals surface area contributed by atoms with Crippen LogP contribution in [0.15, 0.2) is 42.5 Å². The molecule has 0 saturated heterocycles. The van der Waals surface area contributed by atoms with Gasteiger partial charge in [-0.25, -0.2) is 0 Å². The smallest absolute Gasteiger partial charge is 0.267 e. The van der Waals surface area contributed by atoms with E-state index in [1.54, 1.807) is 32.4 Å². The Kier molecular flexibility index (Phi) is 5.56. The fraction of sp³-hybridized carbons (Fsp3) is 0.211. The molecule has 2 aromatic carbocycles. The third-order valence-corrected chi connectivity index (χ3v) is 5.03. The lowest BCUT2D eigenvalue weighted by molar-refractivity contribution is 0.0986. The number of amides is 1. The van der Waals surface area contributed by atoms with Crippen molar-refractivity contribution in [3.05, 3.63) is 48.0 Å². The topological polar surface area (TPSA) is 73.8 Å². The molecule has 0 bridgehead atoms. The molecule has 0 N–H and O–H groups in total. The Morgan fingerprint density at radius 1 is 0.926 bits per heavy atom. The summed E-state index contributed by atoms with van der Waals surface area (Å²) in [5.74, 6) is 1.35. The van der Waals surface area contributed by atoms with Crippen molar-refractivity contribution in [1.29, 1.82) is 0 Å². The molecule has 0 atom stereocenters. The minimum Gasteiger partial charge on any atom is -0.497 e. The molecule has 0 aliphatic rings. The van der Waals surface area contributed by atoms with Crippen molar-refractivity contribution >= 4 is 22.4 Å². The van der Waals surface area contributed by atoms with E-state index in [1.807, 2.05) is 24.3 Å². The molecule has 0 unspecified atom stereocenters. The Morgan fingerprint density at radius 3 is 2.11 bits per heavy atom. The lowest BCUT2D eigenvalue weighted by Gasteiger charge is -2.17.